The number of aromatic nitrogens is 2. The molecule has 1 unspecified atom stereocenters. The molecule has 2 rings (SSSR count). The third-order valence-electron chi connectivity index (χ3n) is 3.41. The lowest BCUT2D eigenvalue weighted by molar-refractivity contribution is -0.120. The molecule has 0 radical (unpaired) electrons. The minimum atomic E-state index is -0.734. The van der Waals surface area contributed by atoms with Crippen molar-refractivity contribution in [3.63, 3.8) is 0 Å². The molecule has 21 heavy (non-hydrogen) atoms. The van der Waals surface area contributed by atoms with Gasteiger partial charge in [0.05, 0.1) is 16.5 Å². The Morgan fingerprint density at radius 3 is 2.76 bits per heavy atom. The molecule has 7 heteroatoms. The van der Waals surface area contributed by atoms with Gasteiger partial charge >= 0.3 is 0 Å². The number of carbonyl (C=O) groups excluding carboxylic acids is 1. The molecule has 114 valence electrons. The van der Waals surface area contributed by atoms with Crippen LogP contribution in [0.5, 0.6) is 0 Å². The van der Waals surface area contributed by atoms with Gasteiger partial charge in [0.2, 0.25) is 5.91 Å². The van der Waals surface area contributed by atoms with E-state index in [2.05, 4.69) is 10.4 Å². The zero-order chi connectivity index (χ0) is 15.6. The highest BCUT2D eigenvalue weighted by atomic mass is 35.5. The van der Waals surface area contributed by atoms with Crippen LogP contribution in [-0.2, 0) is 18.3 Å². The van der Waals surface area contributed by atoms with Crippen LogP contribution in [-0.4, -0.2) is 27.3 Å². The SMILES string of the molecule is Cc1nn(C)c(C)c1CC(=O)NCC(O)c1ccc(Cl)s1. The summed E-state index contributed by atoms with van der Waals surface area (Å²) in [5.74, 6) is -0.129. The molecule has 2 aromatic rings. The van der Waals surface area contributed by atoms with Gasteiger partial charge < -0.3 is 10.4 Å². The average molecular weight is 328 g/mol. The highest BCUT2D eigenvalue weighted by Crippen LogP contribution is 2.26. The van der Waals surface area contributed by atoms with Crippen molar-refractivity contribution in [2.24, 2.45) is 7.05 Å². The van der Waals surface area contributed by atoms with E-state index in [9.17, 15) is 9.90 Å². The molecule has 1 atom stereocenters. The number of halogens is 1. The van der Waals surface area contributed by atoms with Gasteiger partial charge in [0.1, 0.15) is 6.10 Å². The van der Waals surface area contributed by atoms with Gasteiger partial charge in [-0.05, 0) is 26.0 Å². The number of hydrogen-bond donors (Lipinski definition) is 2. The zero-order valence-electron chi connectivity index (χ0n) is 12.2. The molecule has 0 bridgehead atoms. The summed E-state index contributed by atoms with van der Waals surface area (Å²) in [6.45, 7) is 4.00. The largest absolute Gasteiger partial charge is 0.386 e. The van der Waals surface area contributed by atoms with Gasteiger partial charge in [0, 0.05) is 29.7 Å². The maximum absolute atomic E-state index is 12.0. The van der Waals surface area contributed by atoms with Crippen molar-refractivity contribution in [3.05, 3.63) is 38.3 Å². The third-order valence-corrected chi connectivity index (χ3v) is 4.74. The molecule has 0 saturated heterocycles. The fourth-order valence-corrected chi connectivity index (χ4v) is 3.16. The maximum Gasteiger partial charge on any atom is 0.224 e. The van der Waals surface area contributed by atoms with E-state index in [0.29, 0.717) is 4.34 Å². The van der Waals surface area contributed by atoms with Crippen LogP contribution in [0.25, 0.3) is 0 Å². The summed E-state index contributed by atoms with van der Waals surface area (Å²) >= 11 is 7.13. The van der Waals surface area contributed by atoms with Crippen LogP contribution >= 0.6 is 22.9 Å². The average Bonchev–Trinajstić information content (AvgIpc) is 2.96. The quantitative estimate of drug-likeness (QED) is 0.884. The Hall–Kier alpha value is -1.37. The Balaban J connectivity index is 1.90. The Labute approximate surface area is 132 Å². The monoisotopic (exact) mass is 327 g/mol. The van der Waals surface area contributed by atoms with E-state index < -0.39 is 6.10 Å². The molecule has 0 aromatic carbocycles. The second-order valence-corrected chi connectivity index (χ2v) is 6.66. The summed E-state index contributed by atoms with van der Waals surface area (Å²) in [6.07, 6.45) is -0.466. The second-order valence-electron chi connectivity index (χ2n) is 4.91. The van der Waals surface area contributed by atoms with Crippen LogP contribution in [0.3, 0.4) is 0 Å². The molecular formula is C14H18ClN3O2S. The third kappa shape index (κ3) is 3.84. The van der Waals surface area contributed by atoms with Crippen molar-refractivity contribution in [1.82, 2.24) is 15.1 Å². The minimum absolute atomic E-state index is 0.129. The molecule has 0 aliphatic carbocycles. The van der Waals surface area contributed by atoms with E-state index in [1.165, 1.54) is 11.3 Å². The number of nitrogens with one attached hydrogen (secondary N) is 1. The van der Waals surface area contributed by atoms with E-state index in [1.54, 1.807) is 16.8 Å². The number of carbonyl (C=O) groups is 1. The first-order chi connectivity index (χ1) is 9.88. The van der Waals surface area contributed by atoms with Crippen LogP contribution in [0.15, 0.2) is 12.1 Å². The number of thiophene rings is 1. The number of hydrogen-bond acceptors (Lipinski definition) is 4. The maximum atomic E-state index is 12.0. The Bertz CT molecular complexity index is 651. The Kier molecular flexibility index (Phi) is 5.03. The number of aliphatic hydroxyl groups is 1. The van der Waals surface area contributed by atoms with Crippen molar-refractivity contribution in [2.75, 3.05) is 6.54 Å². The van der Waals surface area contributed by atoms with Gasteiger partial charge in [-0.2, -0.15) is 5.10 Å². The van der Waals surface area contributed by atoms with Crippen molar-refractivity contribution in [3.8, 4) is 0 Å². The summed E-state index contributed by atoms with van der Waals surface area (Å²) in [5, 5.41) is 17.0. The van der Waals surface area contributed by atoms with Gasteiger partial charge in [-0.3, -0.25) is 9.48 Å². The van der Waals surface area contributed by atoms with E-state index >= 15 is 0 Å². The summed E-state index contributed by atoms with van der Waals surface area (Å²) in [6, 6.07) is 3.49. The highest BCUT2D eigenvalue weighted by Gasteiger charge is 2.15. The van der Waals surface area contributed by atoms with Crippen molar-refractivity contribution < 1.29 is 9.90 Å². The number of nitrogens with zero attached hydrogens (tertiary/aromatic N) is 2. The number of rotatable bonds is 5. The first kappa shape index (κ1) is 16.0. The van der Waals surface area contributed by atoms with E-state index in [1.807, 2.05) is 20.9 Å². The first-order valence-corrected chi connectivity index (χ1v) is 7.77. The standard InChI is InChI=1S/C14H18ClN3O2S/c1-8-10(9(2)18(3)17-8)6-14(20)16-7-11(19)12-4-5-13(15)21-12/h4-5,11,19H,6-7H2,1-3H3,(H,16,20). The molecule has 0 aliphatic heterocycles. The van der Waals surface area contributed by atoms with E-state index in [4.69, 9.17) is 11.6 Å². The van der Waals surface area contributed by atoms with Gasteiger partial charge in [-0.15, -0.1) is 11.3 Å². The Morgan fingerprint density at radius 1 is 1.52 bits per heavy atom. The summed E-state index contributed by atoms with van der Waals surface area (Å²) < 4.78 is 2.39. The molecule has 2 N–H and O–H groups in total. The molecule has 0 spiro atoms. The second kappa shape index (κ2) is 6.60. The molecule has 0 aliphatic rings. The number of aryl methyl sites for hydroxylation is 2. The van der Waals surface area contributed by atoms with Crippen LogP contribution in [0, 0.1) is 13.8 Å². The van der Waals surface area contributed by atoms with Gasteiger partial charge in [-0.25, -0.2) is 0 Å². The van der Waals surface area contributed by atoms with Crippen molar-refractivity contribution in [2.45, 2.75) is 26.4 Å². The van der Waals surface area contributed by atoms with Crippen LogP contribution < -0.4 is 5.32 Å². The molecule has 2 aromatic heterocycles. The van der Waals surface area contributed by atoms with Crippen molar-refractivity contribution >= 4 is 28.8 Å². The topological polar surface area (TPSA) is 67.2 Å². The van der Waals surface area contributed by atoms with E-state index in [-0.39, 0.29) is 18.9 Å². The molecule has 1 amide bonds. The number of amides is 1. The lowest BCUT2D eigenvalue weighted by Gasteiger charge is -2.10. The number of aliphatic hydroxyl groups excluding tert-OH is 1. The lowest BCUT2D eigenvalue weighted by Crippen LogP contribution is -2.29. The van der Waals surface area contributed by atoms with E-state index in [0.717, 1.165) is 21.8 Å². The predicted molar refractivity (Wildman–Crippen MR) is 83.7 cm³/mol. The van der Waals surface area contributed by atoms with Crippen LogP contribution in [0.2, 0.25) is 4.34 Å². The first-order valence-electron chi connectivity index (χ1n) is 6.57. The minimum Gasteiger partial charge on any atom is -0.386 e. The van der Waals surface area contributed by atoms with Gasteiger partial charge in [0.25, 0.3) is 0 Å². The molecular weight excluding hydrogens is 310 g/mol. The smallest absolute Gasteiger partial charge is 0.224 e. The Morgan fingerprint density at radius 2 is 2.24 bits per heavy atom. The lowest BCUT2D eigenvalue weighted by atomic mass is 10.1. The molecule has 0 fully saturated rings. The fourth-order valence-electron chi connectivity index (χ4n) is 2.11. The summed E-state index contributed by atoms with van der Waals surface area (Å²) in [5.41, 5.74) is 2.77. The van der Waals surface area contributed by atoms with Crippen LogP contribution in [0.1, 0.15) is 27.9 Å². The van der Waals surface area contributed by atoms with Gasteiger partial charge in [0.15, 0.2) is 0 Å². The highest BCUT2D eigenvalue weighted by molar-refractivity contribution is 7.16. The molecule has 2 heterocycles. The van der Waals surface area contributed by atoms with Crippen molar-refractivity contribution in [1.29, 1.82) is 0 Å². The summed E-state index contributed by atoms with van der Waals surface area (Å²) in [4.78, 5) is 12.7. The zero-order valence-corrected chi connectivity index (χ0v) is 13.8. The molecule has 5 nitrogen and oxygen atoms in total. The van der Waals surface area contributed by atoms with Crippen LogP contribution in [0.4, 0.5) is 0 Å². The summed E-state index contributed by atoms with van der Waals surface area (Å²) in [7, 11) is 1.86. The predicted octanol–water partition coefficient (Wildman–Crippen LogP) is 2.14. The molecule has 0 saturated carbocycles. The fraction of sp³-hybridized carbons (Fsp3) is 0.429. The normalized spacial score (nSPS) is 12.4. The van der Waals surface area contributed by atoms with Gasteiger partial charge in [-0.1, -0.05) is 11.6 Å².